The van der Waals surface area contributed by atoms with Gasteiger partial charge in [0.05, 0.1) is 5.92 Å². The fourth-order valence-corrected chi connectivity index (χ4v) is 6.81. The summed E-state index contributed by atoms with van der Waals surface area (Å²) in [5.74, 6) is -5.53. The van der Waals surface area contributed by atoms with Gasteiger partial charge < -0.3 is 29.5 Å². The number of esters is 2. The third-order valence-corrected chi connectivity index (χ3v) is 10.1. The molecule has 2 heterocycles. The fraction of sp³-hybridized carbons (Fsp3) is 0.784. The van der Waals surface area contributed by atoms with Gasteiger partial charge in [0.2, 0.25) is 17.7 Å². The number of rotatable bonds is 9. The topological polar surface area (TPSA) is 143 Å². The molecule has 0 bridgehead atoms. The molecule has 2 aliphatic heterocycles. The van der Waals surface area contributed by atoms with Gasteiger partial charge in [0.15, 0.2) is 6.10 Å². The summed E-state index contributed by atoms with van der Waals surface area (Å²) in [6.07, 6.45) is 2.79. The molecule has 2 fully saturated rings. The van der Waals surface area contributed by atoms with Gasteiger partial charge >= 0.3 is 11.9 Å². The van der Waals surface area contributed by atoms with Crippen LogP contribution in [0.2, 0.25) is 0 Å². The van der Waals surface area contributed by atoms with Crippen molar-refractivity contribution in [2.45, 2.75) is 137 Å². The molecule has 0 unspecified atom stereocenters. The van der Waals surface area contributed by atoms with Crippen LogP contribution in [0.1, 0.15) is 101 Å². The summed E-state index contributed by atoms with van der Waals surface area (Å²) in [5, 5.41) is 2.87. The molecule has 0 aromatic rings. The summed E-state index contributed by atoms with van der Waals surface area (Å²) in [6.45, 7) is 20.2. The summed E-state index contributed by atoms with van der Waals surface area (Å²) < 4.78 is 12.1. The number of fused-ring (bicyclic) bond motifs is 1. The van der Waals surface area contributed by atoms with Crippen LogP contribution in [0, 0.1) is 29.6 Å². The number of nitrogens with one attached hydrogen (secondary N) is 1. The maximum Gasteiger partial charge on any atom is 0.329 e. The van der Waals surface area contributed by atoms with Gasteiger partial charge in [-0.15, -0.1) is 6.58 Å². The average molecular weight is 691 g/mol. The van der Waals surface area contributed by atoms with Gasteiger partial charge in [-0.3, -0.25) is 19.2 Å². The molecule has 0 aromatic carbocycles. The van der Waals surface area contributed by atoms with E-state index in [9.17, 15) is 28.8 Å². The van der Waals surface area contributed by atoms with Gasteiger partial charge in [0.25, 0.3) is 5.91 Å². The van der Waals surface area contributed by atoms with Crippen molar-refractivity contribution in [3.05, 3.63) is 12.7 Å². The Labute approximate surface area is 293 Å². The molecule has 2 aliphatic rings. The molecule has 0 aromatic heterocycles. The van der Waals surface area contributed by atoms with E-state index in [0.29, 0.717) is 45.1 Å². The monoisotopic (exact) mass is 690 g/mol. The van der Waals surface area contributed by atoms with Crippen molar-refractivity contribution in [2.24, 2.45) is 29.6 Å². The molecule has 49 heavy (non-hydrogen) atoms. The lowest BCUT2D eigenvalue weighted by molar-refractivity contribution is -0.172. The molecular formula is C37H62N4O8. The number of carbonyl (C=O) groups excluding carboxylic acids is 6. The van der Waals surface area contributed by atoms with Gasteiger partial charge in [-0.2, -0.15) is 0 Å². The summed E-state index contributed by atoms with van der Waals surface area (Å²) in [7, 11) is 3.04. The number of nitrogens with zero attached hydrogens (tertiary/aromatic N) is 3. The van der Waals surface area contributed by atoms with Crippen LogP contribution in [-0.2, 0) is 38.2 Å². The number of unbranched alkanes of at least 4 members (excludes halogenated alkanes) is 1. The molecule has 12 nitrogen and oxygen atoms in total. The molecule has 0 spiro atoms. The van der Waals surface area contributed by atoms with E-state index in [1.165, 1.54) is 28.8 Å². The molecule has 2 rings (SSSR count). The molecule has 0 aliphatic carbocycles. The van der Waals surface area contributed by atoms with Crippen LogP contribution in [-0.4, -0.2) is 107 Å². The van der Waals surface area contributed by atoms with E-state index in [1.807, 2.05) is 27.7 Å². The first-order valence-electron chi connectivity index (χ1n) is 18.1. The Bertz CT molecular complexity index is 1200. The third kappa shape index (κ3) is 10.1. The lowest BCUT2D eigenvalue weighted by Gasteiger charge is -2.37. The van der Waals surface area contributed by atoms with Crippen LogP contribution in [0.25, 0.3) is 0 Å². The lowest BCUT2D eigenvalue weighted by Crippen LogP contribution is -2.58. The first-order chi connectivity index (χ1) is 22.9. The van der Waals surface area contributed by atoms with E-state index in [0.717, 1.165) is 0 Å². The molecule has 12 heteroatoms. The number of hydrogen-bond acceptors (Lipinski definition) is 8. The van der Waals surface area contributed by atoms with E-state index in [4.69, 9.17) is 9.47 Å². The van der Waals surface area contributed by atoms with E-state index in [1.54, 1.807) is 40.7 Å². The Balaban J connectivity index is 2.74. The minimum atomic E-state index is -1.19. The highest BCUT2D eigenvalue weighted by Crippen LogP contribution is 2.28. The number of amides is 4. The molecule has 0 saturated carbocycles. The van der Waals surface area contributed by atoms with Crippen molar-refractivity contribution >= 4 is 35.6 Å². The zero-order valence-corrected chi connectivity index (χ0v) is 31.7. The first-order valence-corrected chi connectivity index (χ1v) is 18.1. The summed E-state index contributed by atoms with van der Waals surface area (Å²) in [6, 6.07) is -3.89. The van der Waals surface area contributed by atoms with Crippen LogP contribution < -0.4 is 5.32 Å². The van der Waals surface area contributed by atoms with E-state index in [2.05, 4.69) is 11.9 Å². The predicted molar refractivity (Wildman–Crippen MR) is 187 cm³/mol. The smallest absolute Gasteiger partial charge is 0.329 e. The van der Waals surface area contributed by atoms with E-state index < -0.39 is 77.9 Å². The van der Waals surface area contributed by atoms with Crippen molar-refractivity contribution in [1.82, 2.24) is 20.0 Å². The number of carbonyl (C=O) groups is 6. The Morgan fingerprint density at radius 2 is 1.39 bits per heavy atom. The van der Waals surface area contributed by atoms with Gasteiger partial charge in [-0.1, -0.05) is 68.4 Å². The lowest BCUT2D eigenvalue weighted by atomic mass is 9.95. The number of hydrogen-bond donors (Lipinski definition) is 1. The van der Waals surface area contributed by atoms with Crippen molar-refractivity contribution in [1.29, 1.82) is 0 Å². The molecule has 0 radical (unpaired) electrons. The summed E-state index contributed by atoms with van der Waals surface area (Å²) >= 11 is 0. The van der Waals surface area contributed by atoms with Crippen molar-refractivity contribution in [3.8, 4) is 0 Å². The van der Waals surface area contributed by atoms with Crippen LogP contribution >= 0.6 is 0 Å². The second-order valence-electron chi connectivity index (χ2n) is 14.9. The Hall–Kier alpha value is -3.44. The van der Waals surface area contributed by atoms with Crippen molar-refractivity contribution in [2.75, 3.05) is 20.6 Å². The standard InChI is InChI=1S/C37H62N4O8/c1-13-15-16-19-27-25(10)32(42)38-28(21(3)4)34(44)40(12)30(23(7)8)37(47)49-31(24(9)14-2)35(45)41-20-17-18-26(41)33(43)39(11)29(22(5)6)36(46)48-27/h13,21-31H,1,14-20H2,2-12H3,(H,38,42)/t24-,25-,26-,27+,28-,29+,30-,31-/m0/s1. The number of cyclic esters (lactones) is 2. The highest BCUT2D eigenvalue weighted by molar-refractivity contribution is 5.95. The van der Waals surface area contributed by atoms with Gasteiger partial charge in [-0.05, 0) is 56.3 Å². The van der Waals surface area contributed by atoms with Crippen LogP contribution in [0.3, 0.4) is 0 Å². The molecule has 278 valence electrons. The average Bonchev–Trinajstić information content (AvgIpc) is 3.53. The van der Waals surface area contributed by atoms with Gasteiger partial charge in [0.1, 0.15) is 30.3 Å². The Kier molecular flexibility index (Phi) is 15.8. The minimum absolute atomic E-state index is 0.295. The van der Waals surface area contributed by atoms with E-state index in [-0.39, 0.29) is 23.7 Å². The van der Waals surface area contributed by atoms with E-state index >= 15 is 0 Å². The van der Waals surface area contributed by atoms with Crippen LogP contribution in [0.15, 0.2) is 12.7 Å². The largest absolute Gasteiger partial charge is 0.460 e. The molecular weight excluding hydrogens is 628 g/mol. The second-order valence-corrected chi connectivity index (χ2v) is 14.9. The quantitative estimate of drug-likeness (QED) is 0.218. The third-order valence-electron chi connectivity index (χ3n) is 10.1. The SMILES string of the molecule is C=CCCC[C@H]1OC(=O)[C@@H](C(C)C)N(C)C(=O)[C@@H]2CCCN2C(=O)[C@H]([C@@H](C)CC)OC(=O)[C@H](C(C)C)N(C)C(=O)[C@H](C(C)C)NC(=O)[C@H]1C. The normalized spacial score (nSPS) is 29.3. The maximum absolute atomic E-state index is 14.2. The number of ether oxygens (including phenoxy) is 2. The predicted octanol–water partition coefficient (Wildman–Crippen LogP) is 3.96. The summed E-state index contributed by atoms with van der Waals surface area (Å²) in [5.41, 5.74) is 0. The Morgan fingerprint density at radius 1 is 0.837 bits per heavy atom. The van der Waals surface area contributed by atoms with Gasteiger partial charge in [0, 0.05) is 26.6 Å². The highest BCUT2D eigenvalue weighted by atomic mass is 16.6. The van der Waals surface area contributed by atoms with Gasteiger partial charge in [-0.25, -0.2) is 9.59 Å². The van der Waals surface area contributed by atoms with Crippen LogP contribution in [0.5, 0.6) is 0 Å². The molecule has 1 N–H and O–H groups in total. The fourth-order valence-electron chi connectivity index (χ4n) is 6.81. The zero-order chi connectivity index (χ0) is 37.3. The molecule has 2 saturated heterocycles. The second kappa shape index (κ2) is 18.5. The zero-order valence-electron chi connectivity index (χ0n) is 31.7. The molecule has 4 amide bonds. The Morgan fingerprint density at radius 3 is 1.90 bits per heavy atom. The molecule has 8 atom stereocenters. The highest BCUT2D eigenvalue weighted by Gasteiger charge is 2.46. The van der Waals surface area contributed by atoms with Crippen molar-refractivity contribution in [3.63, 3.8) is 0 Å². The van der Waals surface area contributed by atoms with Crippen molar-refractivity contribution < 1.29 is 38.2 Å². The maximum atomic E-state index is 14.2. The number of likely N-dealkylation sites (N-methyl/N-ethyl adjacent to an activating group) is 2. The first kappa shape index (κ1) is 41.7. The number of allylic oxidation sites excluding steroid dienone is 1. The minimum Gasteiger partial charge on any atom is -0.460 e. The summed E-state index contributed by atoms with van der Waals surface area (Å²) in [4.78, 5) is 88.1. The van der Waals surface area contributed by atoms with Crippen LogP contribution in [0.4, 0.5) is 0 Å².